The Labute approximate surface area is 153 Å². The first kappa shape index (κ1) is 21.0. The number of piperidine rings is 1. The van der Waals surface area contributed by atoms with Crippen LogP contribution in [0.5, 0.6) is 5.75 Å². The number of hydrogen-bond donors (Lipinski definition) is 1. The summed E-state index contributed by atoms with van der Waals surface area (Å²) >= 11 is 0. The molecular weight excluding hydrogens is 358 g/mol. The lowest BCUT2D eigenvalue weighted by Crippen LogP contribution is -2.40. The summed E-state index contributed by atoms with van der Waals surface area (Å²) in [6.07, 6.45) is 1.20. The van der Waals surface area contributed by atoms with Crippen molar-refractivity contribution in [1.82, 2.24) is 10.2 Å². The summed E-state index contributed by atoms with van der Waals surface area (Å²) in [6, 6.07) is 2.97. The summed E-state index contributed by atoms with van der Waals surface area (Å²) in [5.41, 5.74) is -0.0927. The van der Waals surface area contributed by atoms with E-state index < -0.39 is 17.4 Å². The van der Waals surface area contributed by atoms with Crippen LogP contribution in [0.2, 0.25) is 0 Å². The van der Waals surface area contributed by atoms with Gasteiger partial charge in [-0.05, 0) is 33.3 Å². The predicted octanol–water partition coefficient (Wildman–Crippen LogP) is 2.36. The number of esters is 1. The summed E-state index contributed by atoms with van der Waals surface area (Å²) in [5, 5.41) is 3.21. The van der Waals surface area contributed by atoms with Crippen molar-refractivity contribution in [1.29, 1.82) is 0 Å². The number of likely N-dealkylation sites (N-methyl/N-ethyl adjacent to an activating group) is 1. The van der Waals surface area contributed by atoms with E-state index in [1.807, 2.05) is 19.0 Å². The Hall–Kier alpha value is -1.08. The van der Waals surface area contributed by atoms with Crippen LogP contribution in [0, 0.1) is 5.82 Å². The number of carbonyl (C=O) groups excluding carboxylic acids is 1. The highest BCUT2D eigenvalue weighted by atomic mass is 35.5. The third kappa shape index (κ3) is 3.94. The third-order valence-electron chi connectivity index (χ3n) is 4.25. The maximum atomic E-state index is 14.6. The van der Waals surface area contributed by atoms with Crippen LogP contribution in [0.3, 0.4) is 0 Å². The molecule has 0 atom stereocenters. The molecule has 3 rings (SSSR count). The van der Waals surface area contributed by atoms with Gasteiger partial charge in [-0.25, -0.2) is 9.18 Å². The zero-order valence-electron chi connectivity index (χ0n) is 13.8. The Kier molecular flexibility index (Phi) is 7.28. The fourth-order valence-corrected chi connectivity index (χ4v) is 3.10. The summed E-state index contributed by atoms with van der Waals surface area (Å²) in [5.74, 6) is -0.486. The van der Waals surface area contributed by atoms with Crippen LogP contribution in [0.25, 0.3) is 0 Å². The molecule has 1 N–H and O–H groups in total. The number of nitrogens with one attached hydrogen (secondary N) is 1. The van der Waals surface area contributed by atoms with Crippen LogP contribution in [-0.4, -0.2) is 51.2 Å². The lowest BCUT2D eigenvalue weighted by atomic mass is 9.84. The maximum absolute atomic E-state index is 14.6. The number of carbonyl (C=O) groups is 1. The fourth-order valence-electron chi connectivity index (χ4n) is 3.10. The van der Waals surface area contributed by atoms with Crippen molar-refractivity contribution in [2.45, 2.75) is 18.4 Å². The van der Waals surface area contributed by atoms with Crippen LogP contribution in [0.1, 0.15) is 28.8 Å². The van der Waals surface area contributed by atoms with Gasteiger partial charge in [0.25, 0.3) is 0 Å². The molecule has 1 aromatic carbocycles. The van der Waals surface area contributed by atoms with E-state index in [1.165, 1.54) is 6.07 Å². The van der Waals surface area contributed by atoms with Crippen LogP contribution in [-0.2, 0) is 10.3 Å². The molecular formula is C16H23Cl2FN2O3. The van der Waals surface area contributed by atoms with Gasteiger partial charge in [-0.2, -0.15) is 0 Å². The van der Waals surface area contributed by atoms with Crippen molar-refractivity contribution in [3.63, 3.8) is 0 Å². The van der Waals surface area contributed by atoms with E-state index in [9.17, 15) is 9.18 Å². The maximum Gasteiger partial charge on any atom is 0.339 e. The molecule has 136 valence electrons. The summed E-state index contributed by atoms with van der Waals surface area (Å²) in [4.78, 5) is 14.1. The van der Waals surface area contributed by atoms with Crippen LogP contribution in [0.4, 0.5) is 4.39 Å². The average Bonchev–Trinajstić information content (AvgIpc) is 2.72. The Morgan fingerprint density at radius 2 is 1.96 bits per heavy atom. The molecule has 2 aliphatic rings. The van der Waals surface area contributed by atoms with Crippen molar-refractivity contribution >= 4 is 30.8 Å². The van der Waals surface area contributed by atoms with Crippen LogP contribution >= 0.6 is 24.8 Å². The van der Waals surface area contributed by atoms with Gasteiger partial charge in [0.2, 0.25) is 0 Å². The molecule has 24 heavy (non-hydrogen) atoms. The molecule has 1 spiro atoms. The van der Waals surface area contributed by atoms with Gasteiger partial charge in [0, 0.05) is 31.0 Å². The minimum absolute atomic E-state index is 0. The Morgan fingerprint density at radius 3 is 2.58 bits per heavy atom. The number of hydrogen-bond acceptors (Lipinski definition) is 5. The van der Waals surface area contributed by atoms with Gasteiger partial charge in [0.05, 0.1) is 5.56 Å². The molecule has 1 fully saturated rings. The first-order valence-corrected chi connectivity index (χ1v) is 7.57. The SMILES string of the molecule is CN(C)CCOc1cc(F)c2c(c1)C(=O)OC21CCNCC1.Cl.Cl. The molecule has 2 heterocycles. The molecule has 0 unspecified atom stereocenters. The van der Waals surface area contributed by atoms with Gasteiger partial charge >= 0.3 is 5.97 Å². The van der Waals surface area contributed by atoms with Gasteiger partial charge in [0.15, 0.2) is 0 Å². The molecule has 8 heteroatoms. The van der Waals surface area contributed by atoms with Gasteiger partial charge in [-0.3, -0.25) is 0 Å². The third-order valence-corrected chi connectivity index (χ3v) is 4.25. The monoisotopic (exact) mass is 380 g/mol. The first-order valence-electron chi connectivity index (χ1n) is 7.57. The second kappa shape index (κ2) is 8.34. The lowest BCUT2D eigenvalue weighted by Gasteiger charge is -2.33. The molecule has 0 radical (unpaired) electrons. The van der Waals surface area contributed by atoms with E-state index in [-0.39, 0.29) is 24.8 Å². The topological polar surface area (TPSA) is 50.8 Å². The predicted molar refractivity (Wildman–Crippen MR) is 94.1 cm³/mol. The molecule has 5 nitrogen and oxygen atoms in total. The van der Waals surface area contributed by atoms with E-state index in [1.54, 1.807) is 6.07 Å². The lowest BCUT2D eigenvalue weighted by molar-refractivity contribution is -0.0255. The Bertz CT molecular complexity index is 593. The van der Waals surface area contributed by atoms with Crippen molar-refractivity contribution < 1.29 is 18.7 Å². The largest absolute Gasteiger partial charge is 0.492 e. The fraction of sp³-hybridized carbons (Fsp3) is 0.562. The number of halogens is 3. The van der Waals surface area contributed by atoms with Crippen molar-refractivity contribution in [3.05, 3.63) is 29.1 Å². The van der Waals surface area contributed by atoms with Crippen LogP contribution < -0.4 is 10.1 Å². The molecule has 0 aromatic heterocycles. The van der Waals surface area contributed by atoms with Gasteiger partial charge in [0.1, 0.15) is 23.8 Å². The zero-order valence-corrected chi connectivity index (χ0v) is 15.4. The molecule has 0 amide bonds. The minimum Gasteiger partial charge on any atom is -0.492 e. The van der Waals surface area contributed by atoms with Gasteiger partial charge < -0.3 is 19.7 Å². The highest BCUT2D eigenvalue weighted by Crippen LogP contribution is 2.45. The molecule has 1 aromatic rings. The Balaban J connectivity index is 0.00000144. The van der Waals surface area contributed by atoms with Crippen molar-refractivity contribution in [2.75, 3.05) is 40.3 Å². The summed E-state index contributed by atoms with van der Waals surface area (Å²) in [6.45, 7) is 2.59. The summed E-state index contributed by atoms with van der Waals surface area (Å²) in [7, 11) is 3.87. The Morgan fingerprint density at radius 1 is 1.29 bits per heavy atom. The highest BCUT2D eigenvalue weighted by molar-refractivity contribution is 5.95. The quantitative estimate of drug-likeness (QED) is 0.812. The average molecular weight is 381 g/mol. The first-order chi connectivity index (χ1) is 10.5. The second-order valence-electron chi connectivity index (χ2n) is 6.11. The van der Waals surface area contributed by atoms with E-state index in [2.05, 4.69) is 5.32 Å². The number of benzene rings is 1. The molecule has 0 bridgehead atoms. The molecule has 0 saturated carbocycles. The van der Waals surface area contributed by atoms with E-state index >= 15 is 0 Å². The number of ether oxygens (including phenoxy) is 2. The number of nitrogens with zero attached hydrogens (tertiary/aromatic N) is 1. The van der Waals surface area contributed by atoms with Crippen molar-refractivity contribution in [3.8, 4) is 5.75 Å². The summed E-state index contributed by atoms with van der Waals surface area (Å²) < 4.78 is 25.7. The molecule has 2 aliphatic heterocycles. The highest BCUT2D eigenvalue weighted by Gasteiger charge is 2.48. The number of fused-ring (bicyclic) bond motifs is 2. The van der Waals surface area contributed by atoms with E-state index in [0.29, 0.717) is 49.4 Å². The normalized spacial score (nSPS) is 17.8. The van der Waals surface area contributed by atoms with Gasteiger partial charge in [-0.1, -0.05) is 0 Å². The number of rotatable bonds is 4. The van der Waals surface area contributed by atoms with Crippen LogP contribution in [0.15, 0.2) is 12.1 Å². The molecule has 1 saturated heterocycles. The van der Waals surface area contributed by atoms with E-state index in [0.717, 1.165) is 6.54 Å². The van der Waals surface area contributed by atoms with Gasteiger partial charge in [-0.15, -0.1) is 24.8 Å². The van der Waals surface area contributed by atoms with Crippen molar-refractivity contribution in [2.24, 2.45) is 0 Å². The second-order valence-corrected chi connectivity index (χ2v) is 6.11. The zero-order chi connectivity index (χ0) is 15.7. The standard InChI is InChI=1S/C16H21FN2O3.2ClH/c1-19(2)7-8-21-11-9-12-14(13(17)10-11)16(22-15(12)20)3-5-18-6-4-16;;/h9-10,18H,3-8H2,1-2H3;2*1H. The van der Waals surface area contributed by atoms with E-state index in [4.69, 9.17) is 9.47 Å². The molecule has 0 aliphatic carbocycles. The smallest absolute Gasteiger partial charge is 0.339 e. The minimum atomic E-state index is -0.802.